The molecule has 5 heteroatoms. The molecule has 1 atom stereocenters. The Balaban J connectivity index is 2.44. The third-order valence-electron chi connectivity index (χ3n) is 4.23. The van der Waals surface area contributed by atoms with Gasteiger partial charge in [-0.2, -0.15) is 0 Å². The lowest BCUT2D eigenvalue weighted by Gasteiger charge is -2.13. The molecule has 0 bridgehead atoms. The number of hydrogen-bond donors (Lipinski definition) is 0. The second-order valence-corrected chi connectivity index (χ2v) is 5.94. The highest BCUT2D eigenvalue weighted by Crippen LogP contribution is 2.37. The summed E-state index contributed by atoms with van der Waals surface area (Å²) in [5.41, 5.74) is 3.65. The quantitative estimate of drug-likeness (QED) is 0.359. The number of hydrogen-bond acceptors (Lipinski definition) is 5. The molecule has 0 aromatic heterocycles. The van der Waals surface area contributed by atoms with Gasteiger partial charge in [0.15, 0.2) is 17.7 Å². The molecular formula is C19H22O5. The Bertz CT molecular complexity index is 727. The van der Waals surface area contributed by atoms with Crippen LogP contribution < -0.4 is 4.74 Å². The Labute approximate surface area is 141 Å². The van der Waals surface area contributed by atoms with E-state index >= 15 is 0 Å². The fraction of sp³-hybridized carbons (Fsp3) is 0.421. The lowest BCUT2D eigenvalue weighted by atomic mass is 9.94. The molecule has 2 rings (SSSR count). The summed E-state index contributed by atoms with van der Waals surface area (Å²) in [6, 6.07) is 1.88. The van der Waals surface area contributed by atoms with Crippen LogP contribution in [0, 0.1) is 13.8 Å². The maximum atomic E-state index is 11.9. The molecule has 1 aliphatic rings. The summed E-state index contributed by atoms with van der Waals surface area (Å²) in [4.78, 5) is 35.2. The van der Waals surface area contributed by atoms with Gasteiger partial charge in [0, 0.05) is 6.42 Å². The monoisotopic (exact) mass is 330 g/mol. The highest BCUT2D eigenvalue weighted by molar-refractivity contribution is 6.21. The summed E-state index contributed by atoms with van der Waals surface area (Å²) in [7, 11) is 0. The molecule has 0 fully saturated rings. The van der Waals surface area contributed by atoms with E-state index in [0.717, 1.165) is 22.3 Å². The first-order valence-corrected chi connectivity index (χ1v) is 7.96. The normalized spacial score (nSPS) is 15.3. The van der Waals surface area contributed by atoms with Gasteiger partial charge in [0.2, 0.25) is 0 Å². The fourth-order valence-electron chi connectivity index (χ4n) is 2.81. The van der Waals surface area contributed by atoms with Crippen LogP contribution in [0.2, 0.25) is 0 Å². The Kier molecular flexibility index (Phi) is 5.22. The molecule has 128 valence electrons. The molecule has 24 heavy (non-hydrogen) atoms. The van der Waals surface area contributed by atoms with E-state index in [4.69, 9.17) is 9.47 Å². The van der Waals surface area contributed by atoms with Crippen LogP contribution in [-0.4, -0.2) is 30.2 Å². The van der Waals surface area contributed by atoms with Gasteiger partial charge in [0.25, 0.3) is 0 Å². The van der Waals surface area contributed by atoms with Gasteiger partial charge in [0.05, 0.1) is 12.2 Å². The molecule has 0 aliphatic carbocycles. The van der Waals surface area contributed by atoms with E-state index in [9.17, 15) is 14.4 Å². The van der Waals surface area contributed by atoms with Gasteiger partial charge < -0.3 is 9.47 Å². The maximum Gasteiger partial charge on any atom is 0.347 e. The fourth-order valence-corrected chi connectivity index (χ4v) is 2.81. The van der Waals surface area contributed by atoms with Crippen molar-refractivity contribution in [1.82, 2.24) is 0 Å². The number of fused-ring (bicyclic) bond motifs is 1. The highest BCUT2D eigenvalue weighted by atomic mass is 16.6. The SMILES string of the molecule is CCOC(=O)C1Cc2cc(C=C(C(C)=O)C(C)=O)c(C)c(C)c2O1. The van der Waals surface area contributed by atoms with Crippen molar-refractivity contribution in [2.24, 2.45) is 0 Å². The van der Waals surface area contributed by atoms with Crippen LogP contribution in [0.4, 0.5) is 0 Å². The first kappa shape index (κ1) is 17.9. The lowest BCUT2D eigenvalue weighted by molar-refractivity contribution is -0.150. The zero-order chi connectivity index (χ0) is 18.0. The van der Waals surface area contributed by atoms with Crippen LogP contribution in [0.15, 0.2) is 11.6 Å². The number of carbonyl (C=O) groups excluding carboxylic acids is 3. The highest BCUT2D eigenvalue weighted by Gasteiger charge is 2.32. The van der Waals surface area contributed by atoms with Crippen molar-refractivity contribution in [2.75, 3.05) is 6.61 Å². The predicted molar refractivity (Wildman–Crippen MR) is 90.0 cm³/mol. The Morgan fingerprint density at radius 3 is 2.38 bits per heavy atom. The molecule has 0 saturated heterocycles. The number of rotatable bonds is 5. The van der Waals surface area contributed by atoms with E-state index in [-0.39, 0.29) is 23.1 Å². The van der Waals surface area contributed by atoms with Crippen LogP contribution in [0.25, 0.3) is 6.08 Å². The molecule has 0 spiro atoms. The van der Waals surface area contributed by atoms with E-state index in [0.29, 0.717) is 18.8 Å². The predicted octanol–water partition coefficient (Wildman–Crippen LogP) is 2.73. The third kappa shape index (κ3) is 3.40. The number of benzene rings is 1. The van der Waals surface area contributed by atoms with Crippen molar-refractivity contribution in [1.29, 1.82) is 0 Å². The number of esters is 1. The molecule has 1 aliphatic heterocycles. The maximum absolute atomic E-state index is 11.9. The summed E-state index contributed by atoms with van der Waals surface area (Å²) in [6.07, 6.45) is 1.40. The van der Waals surface area contributed by atoms with Crippen molar-refractivity contribution in [3.63, 3.8) is 0 Å². The lowest BCUT2D eigenvalue weighted by Crippen LogP contribution is -2.27. The summed E-state index contributed by atoms with van der Waals surface area (Å²) in [5, 5.41) is 0. The summed E-state index contributed by atoms with van der Waals surface area (Å²) < 4.78 is 10.8. The standard InChI is InChI=1S/C19H22O5/c1-6-23-19(22)17-9-15-7-14(8-16(12(4)20)13(5)21)10(2)11(3)18(15)24-17/h7-8,17H,6,9H2,1-5H3. The second kappa shape index (κ2) is 6.99. The van der Waals surface area contributed by atoms with Crippen molar-refractivity contribution in [2.45, 2.75) is 47.1 Å². The number of ketones is 2. The minimum atomic E-state index is -0.641. The molecule has 0 radical (unpaired) electrons. The van der Waals surface area contributed by atoms with Gasteiger partial charge in [-0.05, 0) is 69.0 Å². The molecule has 1 aromatic carbocycles. The van der Waals surface area contributed by atoms with Crippen molar-refractivity contribution < 1.29 is 23.9 Å². The largest absolute Gasteiger partial charge is 0.478 e. The van der Waals surface area contributed by atoms with Crippen LogP contribution in [0.1, 0.15) is 43.0 Å². The van der Waals surface area contributed by atoms with Gasteiger partial charge in [-0.1, -0.05) is 0 Å². The van der Waals surface area contributed by atoms with Crippen LogP contribution in [-0.2, 0) is 25.5 Å². The molecule has 0 saturated carbocycles. The zero-order valence-corrected chi connectivity index (χ0v) is 14.7. The third-order valence-corrected chi connectivity index (χ3v) is 4.23. The van der Waals surface area contributed by atoms with E-state index in [1.54, 1.807) is 13.0 Å². The zero-order valence-electron chi connectivity index (χ0n) is 14.7. The minimum absolute atomic E-state index is 0.165. The first-order valence-electron chi connectivity index (χ1n) is 7.96. The molecule has 1 heterocycles. The summed E-state index contributed by atoms with van der Waals surface area (Å²) in [5.74, 6) is -0.215. The smallest absolute Gasteiger partial charge is 0.347 e. The number of allylic oxidation sites excluding steroid dienone is 1. The van der Waals surface area contributed by atoms with Crippen LogP contribution >= 0.6 is 0 Å². The number of Topliss-reactive ketones (excluding diaryl/α,β-unsaturated/α-hetero) is 2. The van der Waals surface area contributed by atoms with Gasteiger partial charge in [-0.15, -0.1) is 0 Å². The first-order chi connectivity index (χ1) is 11.3. The Morgan fingerprint density at radius 1 is 1.21 bits per heavy atom. The molecule has 0 N–H and O–H groups in total. The van der Waals surface area contributed by atoms with Gasteiger partial charge in [-0.3, -0.25) is 9.59 Å². The van der Waals surface area contributed by atoms with Crippen molar-refractivity contribution in [3.05, 3.63) is 33.9 Å². The average Bonchev–Trinajstić information content (AvgIpc) is 2.93. The second-order valence-electron chi connectivity index (χ2n) is 5.94. The van der Waals surface area contributed by atoms with Crippen LogP contribution in [0.3, 0.4) is 0 Å². The number of ether oxygens (including phenoxy) is 2. The topological polar surface area (TPSA) is 69.7 Å². The van der Waals surface area contributed by atoms with Gasteiger partial charge in [-0.25, -0.2) is 4.79 Å². The molecular weight excluding hydrogens is 308 g/mol. The van der Waals surface area contributed by atoms with Crippen LogP contribution in [0.5, 0.6) is 5.75 Å². The minimum Gasteiger partial charge on any atom is -0.478 e. The Hall–Kier alpha value is -2.43. The van der Waals surface area contributed by atoms with E-state index in [1.165, 1.54) is 13.8 Å². The molecule has 1 unspecified atom stereocenters. The van der Waals surface area contributed by atoms with E-state index < -0.39 is 6.10 Å². The summed E-state index contributed by atoms with van der Waals surface area (Å²) >= 11 is 0. The molecule has 1 aromatic rings. The van der Waals surface area contributed by atoms with Crippen molar-refractivity contribution in [3.8, 4) is 5.75 Å². The average molecular weight is 330 g/mol. The van der Waals surface area contributed by atoms with Gasteiger partial charge in [0.1, 0.15) is 5.75 Å². The van der Waals surface area contributed by atoms with Crippen molar-refractivity contribution >= 4 is 23.6 Å². The van der Waals surface area contributed by atoms with Gasteiger partial charge >= 0.3 is 5.97 Å². The Morgan fingerprint density at radius 2 is 1.83 bits per heavy atom. The number of carbonyl (C=O) groups is 3. The molecule has 5 nitrogen and oxygen atoms in total. The summed E-state index contributed by atoms with van der Waals surface area (Å²) in [6.45, 7) is 8.62. The van der Waals surface area contributed by atoms with E-state index in [1.807, 2.05) is 19.9 Å². The van der Waals surface area contributed by atoms with E-state index in [2.05, 4.69) is 0 Å². The molecule has 0 amide bonds.